The highest BCUT2D eigenvalue weighted by Gasteiger charge is 2.35. The highest BCUT2D eigenvalue weighted by molar-refractivity contribution is 7.89. The number of sulfonamides is 2. The molecule has 12 heteroatoms. The molecule has 2 saturated heterocycles. The van der Waals surface area contributed by atoms with Crippen LogP contribution in [-0.2, 0) is 24.8 Å². The standard InChI is InChI=1S/C27H36N4O6S2/c1-3-30(4-2)38(34,35)24-12-14-25(15-13-24)39(36,37)31-17-8-11-22(19-31)26(32)28-23-16-18-29(20-23)27(33)21-9-6-5-7-10-21/h5-7,9-10,12-15,22-23H,3-4,8,11,16-20H2,1-2H3,(H,28,32)/t22-,23-/m1/s1. The minimum Gasteiger partial charge on any atom is -0.351 e. The van der Waals surface area contributed by atoms with E-state index >= 15 is 0 Å². The Hall–Kier alpha value is -2.80. The molecule has 0 unspecified atom stereocenters. The van der Waals surface area contributed by atoms with E-state index in [0.29, 0.717) is 51.0 Å². The second-order valence-electron chi connectivity index (χ2n) is 9.87. The average Bonchev–Trinajstić information content (AvgIpc) is 3.42. The lowest BCUT2D eigenvalue weighted by Gasteiger charge is -2.32. The van der Waals surface area contributed by atoms with E-state index in [1.807, 2.05) is 18.2 Å². The van der Waals surface area contributed by atoms with Crippen LogP contribution >= 0.6 is 0 Å². The molecule has 2 fully saturated rings. The Kier molecular flexibility index (Phi) is 9.10. The summed E-state index contributed by atoms with van der Waals surface area (Å²) in [6, 6.07) is 14.1. The molecule has 0 radical (unpaired) electrons. The Morgan fingerprint density at radius 3 is 2.15 bits per heavy atom. The maximum Gasteiger partial charge on any atom is 0.253 e. The van der Waals surface area contributed by atoms with Crippen LogP contribution in [0.1, 0.15) is 43.5 Å². The molecule has 0 bridgehead atoms. The van der Waals surface area contributed by atoms with Gasteiger partial charge in [0.25, 0.3) is 5.91 Å². The molecule has 0 aliphatic carbocycles. The molecule has 2 aliphatic rings. The van der Waals surface area contributed by atoms with Gasteiger partial charge in [-0.15, -0.1) is 0 Å². The SMILES string of the molecule is CCN(CC)S(=O)(=O)c1ccc(S(=O)(=O)N2CCC[C@@H](C(=O)N[C@@H]3CCN(C(=O)c4ccccc4)C3)C2)cc1. The van der Waals surface area contributed by atoms with Crippen molar-refractivity contribution in [3.63, 3.8) is 0 Å². The first kappa shape index (κ1) is 29.2. The van der Waals surface area contributed by atoms with Crippen molar-refractivity contribution in [2.24, 2.45) is 5.92 Å². The first-order valence-electron chi connectivity index (χ1n) is 13.3. The summed E-state index contributed by atoms with van der Waals surface area (Å²) >= 11 is 0. The monoisotopic (exact) mass is 576 g/mol. The first-order chi connectivity index (χ1) is 18.6. The lowest BCUT2D eigenvalue weighted by molar-refractivity contribution is -0.126. The highest BCUT2D eigenvalue weighted by Crippen LogP contribution is 2.26. The van der Waals surface area contributed by atoms with Crippen molar-refractivity contribution >= 4 is 31.9 Å². The van der Waals surface area contributed by atoms with Crippen LogP contribution in [0.2, 0.25) is 0 Å². The smallest absolute Gasteiger partial charge is 0.253 e. The average molecular weight is 577 g/mol. The zero-order chi connectivity index (χ0) is 28.2. The molecule has 2 heterocycles. The molecule has 212 valence electrons. The number of piperidine rings is 1. The summed E-state index contributed by atoms with van der Waals surface area (Å²) in [5.41, 5.74) is 0.608. The number of nitrogens with zero attached hydrogens (tertiary/aromatic N) is 3. The molecule has 0 spiro atoms. The quantitative estimate of drug-likeness (QED) is 0.488. The van der Waals surface area contributed by atoms with Crippen molar-refractivity contribution in [3.05, 3.63) is 60.2 Å². The number of carbonyl (C=O) groups is 2. The van der Waals surface area contributed by atoms with E-state index in [-0.39, 0.29) is 40.7 Å². The van der Waals surface area contributed by atoms with Crippen molar-refractivity contribution in [1.29, 1.82) is 0 Å². The number of rotatable bonds is 9. The van der Waals surface area contributed by atoms with Gasteiger partial charge < -0.3 is 10.2 Å². The Labute approximate surface area is 231 Å². The van der Waals surface area contributed by atoms with Crippen molar-refractivity contribution in [3.8, 4) is 0 Å². The Balaban J connectivity index is 1.37. The zero-order valence-electron chi connectivity index (χ0n) is 22.3. The number of nitrogens with one attached hydrogen (secondary N) is 1. The van der Waals surface area contributed by atoms with E-state index in [2.05, 4.69) is 5.32 Å². The molecule has 1 N–H and O–H groups in total. The maximum absolute atomic E-state index is 13.4. The zero-order valence-corrected chi connectivity index (χ0v) is 24.0. The van der Waals surface area contributed by atoms with Crippen molar-refractivity contribution in [1.82, 2.24) is 18.8 Å². The van der Waals surface area contributed by atoms with Gasteiger partial charge in [0, 0.05) is 50.9 Å². The number of benzene rings is 2. The summed E-state index contributed by atoms with van der Waals surface area (Å²) in [5.74, 6) is -0.789. The number of hydrogen-bond donors (Lipinski definition) is 1. The third-order valence-corrected chi connectivity index (χ3v) is 11.3. The van der Waals surface area contributed by atoms with Crippen LogP contribution in [0.4, 0.5) is 0 Å². The molecule has 0 saturated carbocycles. The summed E-state index contributed by atoms with van der Waals surface area (Å²) < 4.78 is 54.8. The summed E-state index contributed by atoms with van der Waals surface area (Å²) in [6.45, 7) is 5.42. The molecule has 10 nitrogen and oxygen atoms in total. The van der Waals surface area contributed by atoms with Gasteiger partial charge in [-0.25, -0.2) is 16.8 Å². The fourth-order valence-corrected chi connectivity index (χ4v) is 8.15. The van der Waals surface area contributed by atoms with E-state index in [4.69, 9.17) is 0 Å². The molecule has 2 atom stereocenters. The molecule has 2 aliphatic heterocycles. The van der Waals surface area contributed by atoms with E-state index < -0.39 is 26.0 Å². The number of likely N-dealkylation sites (tertiary alicyclic amines) is 1. The largest absolute Gasteiger partial charge is 0.351 e. The van der Waals surface area contributed by atoms with Crippen LogP contribution < -0.4 is 5.32 Å². The van der Waals surface area contributed by atoms with Gasteiger partial charge in [0.2, 0.25) is 26.0 Å². The van der Waals surface area contributed by atoms with E-state index in [1.165, 1.54) is 32.9 Å². The Bertz CT molecular complexity index is 1380. The normalized spacial score (nSPS) is 20.7. The topological polar surface area (TPSA) is 124 Å². The third-order valence-electron chi connectivity index (χ3n) is 7.40. The molecule has 2 aromatic carbocycles. The first-order valence-corrected chi connectivity index (χ1v) is 16.2. The van der Waals surface area contributed by atoms with E-state index in [1.54, 1.807) is 30.9 Å². The molecular formula is C27H36N4O6S2. The van der Waals surface area contributed by atoms with Crippen molar-refractivity contribution in [2.75, 3.05) is 39.3 Å². The molecule has 2 aromatic rings. The van der Waals surface area contributed by atoms with Crippen LogP contribution in [0.5, 0.6) is 0 Å². The van der Waals surface area contributed by atoms with Gasteiger partial charge in [0.1, 0.15) is 0 Å². The van der Waals surface area contributed by atoms with Gasteiger partial charge in [0.15, 0.2) is 0 Å². The second kappa shape index (κ2) is 12.2. The summed E-state index contributed by atoms with van der Waals surface area (Å²) in [4.78, 5) is 27.5. The van der Waals surface area contributed by atoms with Crippen LogP contribution in [0.3, 0.4) is 0 Å². The fraction of sp³-hybridized carbons (Fsp3) is 0.481. The third kappa shape index (κ3) is 6.34. The van der Waals surface area contributed by atoms with Crippen LogP contribution in [0, 0.1) is 5.92 Å². The van der Waals surface area contributed by atoms with Crippen molar-refractivity contribution < 1.29 is 26.4 Å². The Morgan fingerprint density at radius 1 is 0.872 bits per heavy atom. The minimum atomic E-state index is -3.91. The minimum absolute atomic E-state index is 0.00656. The van der Waals surface area contributed by atoms with Gasteiger partial charge in [-0.05, 0) is 55.7 Å². The predicted molar refractivity (Wildman–Crippen MR) is 147 cm³/mol. The number of carbonyl (C=O) groups excluding carboxylic acids is 2. The van der Waals surface area contributed by atoms with E-state index in [0.717, 1.165) is 0 Å². The van der Waals surface area contributed by atoms with Crippen LogP contribution in [-0.4, -0.2) is 87.5 Å². The Morgan fingerprint density at radius 2 is 1.51 bits per heavy atom. The van der Waals surface area contributed by atoms with Crippen LogP contribution in [0.15, 0.2) is 64.4 Å². The van der Waals surface area contributed by atoms with Gasteiger partial charge in [-0.1, -0.05) is 32.0 Å². The summed E-state index contributed by atoms with van der Waals surface area (Å²) in [5, 5.41) is 3.02. The number of amides is 2. The fourth-order valence-electron chi connectivity index (χ4n) is 5.16. The predicted octanol–water partition coefficient (Wildman–Crippen LogP) is 2.15. The molecule has 0 aromatic heterocycles. The van der Waals surface area contributed by atoms with Crippen molar-refractivity contribution in [2.45, 2.75) is 48.9 Å². The molecule has 2 amide bonds. The summed E-state index contributed by atoms with van der Waals surface area (Å²) in [7, 11) is -7.61. The van der Waals surface area contributed by atoms with Gasteiger partial charge in [-0.2, -0.15) is 8.61 Å². The van der Waals surface area contributed by atoms with E-state index in [9.17, 15) is 26.4 Å². The summed E-state index contributed by atoms with van der Waals surface area (Å²) in [6.07, 6.45) is 1.75. The van der Waals surface area contributed by atoms with Gasteiger partial charge in [0.05, 0.1) is 15.7 Å². The lowest BCUT2D eigenvalue weighted by atomic mass is 9.98. The maximum atomic E-state index is 13.4. The second-order valence-corrected chi connectivity index (χ2v) is 13.8. The van der Waals surface area contributed by atoms with Gasteiger partial charge >= 0.3 is 0 Å². The number of hydrogen-bond acceptors (Lipinski definition) is 6. The highest BCUT2D eigenvalue weighted by atomic mass is 32.2. The molecular weight excluding hydrogens is 540 g/mol. The lowest BCUT2D eigenvalue weighted by Crippen LogP contribution is -2.48. The van der Waals surface area contributed by atoms with Crippen LogP contribution in [0.25, 0.3) is 0 Å². The molecule has 4 rings (SSSR count). The molecule has 39 heavy (non-hydrogen) atoms. The van der Waals surface area contributed by atoms with Gasteiger partial charge in [-0.3, -0.25) is 9.59 Å².